The Morgan fingerprint density at radius 3 is 2.56 bits per heavy atom. The smallest absolute Gasteiger partial charge is 0.321 e. The van der Waals surface area contributed by atoms with Crippen LogP contribution < -0.4 is 0 Å². The van der Waals surface area contributed by atoms with Crippen molar-refractivity contribution in [1.82, 2.24) is 4.98 Å². The number of rotatable bonds is 5. The standard InChI is InChI=1S/C20H20N2O2S/c1-2-17-15-11-7-6-10-14(15)16(12-21)19(22-17)25-18(20(23)24)13-8-4-3-5-9-13/h3-5,8-9,18H,2,6-7,10-11H2,1H3,(H,23,24)/t18-/m1/s1. The molecule has 1 aromatic heterocycles. The number of aromatic nitrogens is 1. The Hall–Kier alpha value is -2.32. The van der Waals surface area contributed by atoms with Gasteiger partial charge in [0.25, 0.3) is 0 Å². The first kappa shape index (κ1) is 17.5. The van der Waals surface area contributed by atoms with Crippen LogP contribution in [-0.4, -0.2) is 16.1 Å². The Labute approximate surface area is 151 Å². The lowest BCUT2D eigenvalue weighted by atomic mass is 9.87. The third-order valence-corrected chi connectivity index (χ3v) is 5.80. The zero-order chi connectivity index (χ0) is 17.8. The molecular weight excluding hydrogens is 332 g/mol. The fourth-order valence-corrected chi connectivity index (χ4v) is 4.44. The third-order valence-electron chi connectivity index (χ3n) is 4.57. The molecule has 0 fully saturated rings. The summed E-state index contributed by atoms with van der Waals surface area (Å²) in [5, 5.41) is 19.2. The fourth-order valence-electron chi connectivity index (χ4n) is 3.37. The number of pyridine rings is 1. The summed E-state index contributed by atoms with van der Waals surface area (Å²) in [4.78, 5) is 16.5. The van der Waals surface area contributed by atoms with Gasteiger partial charge in [0.1, 0.15) is 16.3 Å². The summed E-state index contributed by atoms with van der Waals surface area (Å²) in [6.45, 7) is 2.06. The second-order valence-electron chi connectivity index (χ2n) is 6.12. The molecule has 1 heterocycles. The average molecular weight is 352 g/mol. The van der Waals surface area contributed by atoms with Crippen molar-refractivity contribution >= 4 is 17.7 Å². The summed E-state index contributed by atoms with van der Waals surface area (Å²) in [5.41, 5.74) is 4.58. The van der Waals surface area contributed by atoms with E-state index in [1.54, 1.807) is 12.1 Å². The Morgan fingerprint density at radius 1 is 1.28 bits per heavy atom. The summed E-state index contributed by atoms with van der Waals surface area (Å²) in [6.07, 6.45) is 4.84. The van der Waals surface area contributed by atoms with Gasteiger partial charge in [-0.3, -0.25) is 4.79 Å². The van der Waals surface area contributed by atoms with Gasteiger partial charge in [-0.15, -0.1) is 0 Å². The Kier molecular flexibility index (Phi) is 5.40. The summed E-state index contributed by atoms with van der Waals surface area (Å²) in [5.74, 6) is -0.919. The third kappa shape index (κ3) is 3.54. The first-order valence-corrected chi connectivity index (χ1v) is 9.42. The van der Waals surface area contributed by atoms with E-state index >= 15 is 0 Å². The number of benzene rings is 1. The molecule has 0 unspecified atom stereocenters. The number of thioether (sulfide) groups is 1. The number of aryl methyl sites for hydroxylation is 1. The zero-order valence-corrected chi connectivity index (χ0v) is 15.0. The summed E-state index contributed by atoms with van der Waals surface area (Å²) >= 11 is 1.17. The number of hydrogen-bond donors (Lipinski definition) is 1. The highest BCUT2D eigenvalue weighted by Gasteiger charge is 2.27. The molecule has 0 spiro atoms. The molecule has 1 aromatic carbocycles. The summed E-state index contributed by atoms with van der Waals surface area (Å²) < 4.78 is 0. The van der Waals surface area contributed by atoms with Crippen LogP contribution in [0, 0.1) is 11.3 Å². The van der Waals surface area contributed by atoms with E-state index in [9.17, 15) is 15.2 Å². The van der Waals surface area contributed by atoms with E-state index in [1.165, 1.54) is 17.3 Å². The molecule has 4 nitrogen and oxygen atoms in total. The molecule has 1 N–H and O–H groups in total. The zero-order valence-electron chi connectivity index (χ0n) is 14.2. The molecule has 0 amide bonds. The molecule has 0 radical (unpaired) electrons. The van der Waals surface area contributed by atoms with Crippen molar-refractivity contribution < 1.29 is 9.90 Å². The number of carboxylic acid groups (broad SMARTS) is 1. The predicted octanol–water partition coefficient (Wildman–Crippen LogP) is 4.31. The first-order chi connectivity index (χ1) is 12.2. The van der Waals surface area contributed by atoms with Gasteiger partial charge in [0, 0.05) is 5.69 Å². The van der Waals surface area contributed by atoms with Crippen LogP contribution in [0.4, 0.5) is 0 Å². The van der Waals surface area contributed by atoms with Crippen molar-refractivity contribution in [3.05, 3.63) is 58.3 Å². The molecule has 3 rings (SSSR count). The Bertz CT molecular complexity index is 828. The Morgan fingerprint density at radius 2 is 1.96 bits per heavy atom. The number of nitrogens with zero attached hydrogens (tertiary/aromatic N) is 2. The second kappa shape index (κ2) is 7.71. The molecule has 0 aliphatic heterocycles. The molecule has 25 heavy (non-hydrogen) atoms. The molecular formula is C20H20N2O2S. The van der Waals surface area contributed by atoms with E-state index in [2.05, 4.69) is 13.0 Å². The maximum absolute atomic E-state index is 11.8. The molecule has 1 aliphatic rings. The van der Waals surface area contributed by atoms with E-state index in [-0.39, 0.29) is 0 Å². The molecule has 1 aliphatic carbocycles. The van der Waals surface area contributed by atoms with Crippen LogP contribution in [-0.2, 0) is 24.1 Å². The highest BCUT2D eigenvalue weighted by atomic mass is 32.2. The number of aliphatic carboxylic acids is 1. The molecule has 0 saturated carbocycles. The first-order valence-electron chi connectivity index (χ1n) is 8.54. The van der Waals surface area contributed by atoms with Crippen molar-refractivity contribution in [2.75, 3.05) is 0 Å². The van der Waals surface area contributed by atoms with Crippen molar-refractivity contribution in [3.63, 3.8) is 0 Å². The molecule has 0 saturated heterocycles. The molecule has 5 heteroatoms. The van der Waals surface area contributed by atoms with Crippen LogP contribution in [0.25, 0.3) is 0 Å². The van der Waals surface area contributed by atoms with Crippen molar-refractivity contribution in [3.8, 4) is 6.07 Å². The minimum Gasteiger partial charge on any atom is -0.480 e. The SMILES string of the molecule is CCc1nc(S[C@@H](C(=O)O)c2ccccc2)c(C#N)c2c1CCCC2. The maximum atomic E-state index is 11.8. The number of hydrogen-bond acceptors (Lipinski definition) is 4. The van der Waals surface area contributed by atoms with Gasteiger partial charge in [0.2, 0.25) is 0 Å². The van der Waals surface area contributed by atoms with E-state index in [0.29, 0.717) is 16.2 Å². The molecule has 1 atom stereocenters. The number of fused-ring (bicyclic) bond motifs is 1. The van der Waals surface area contributed by atoms with Crippen LogP contribution in [0.3, 0.4) is 0 Å². The largest absolute Gasteiger partial charge is 0.480 e. The number of carboxylic acids is 1. The van der Waals surface area contributed by atoms with E-state index in [0.717, 1.165) is 43.4 Å². The minimum absolute atomic E-state index is 0.552. The van der Waals surface area contributed by atoms with Crippen LogP contribution in [0.5, 0.6) is 0 Å². The number of nitriles is 1. The van der Waals surface area contributed by atoms with Gasteiger partial charge < -0.3 is 5.11 Å². The van der Waals surface area contributed by atoms with Crippen LogP contribution >= 0.6 is 11.8 Å². The van der Waals surface area contributed by atoms with E-state index in [4.69, 9.17) is 4.98 Å². The fraction of sp³-hybridized carbons (Fsp3) is 0.350. The van der Waals surface area contributed by atoms with Crippen molar-refractivity contribution in [1.29, 1.82) is 5.26 Å². The normalized spacial score (nSPS) is 14.4. The van der Waals surface area contributed by atoms with Gasteiger partial charge in [-0.2, -0.15) is 5.26 Å². The van der Waals surface area contributed by atoms with Crippen LogP contribution in [0.15, 0.2) is 35.4 Å². The number of carbonyl (C=O) groups is 1. The lowest BCUT2D eigenvalue weighted by Crippen LogP contribution is -2.14. The second-order valence-corrected chi connectivity index (χ2v) is 7.21. The topological polar surface area (TPSA) is 74.0 Å². The van der Waals surface area contributed by atoms with Crippen LogP contribution in [0.2, 0.25) is 0 Å². The highest BCUT2D eigenvalue weighted by molar-refractivity contribution is 8.00. The lowest BCUT2D eigenvalue weighted by molar-refractivity contribution is -0.136. The summed E-state index contributed by atoms with van der Waals surface area (Å²) in [7, 11) is 0. The Balaban J connectivity index is 2.07. The van der Waals surface area contributed by atoms with Gasteiger partial charge >= 0.3 is 5.97 Å². The summed E-state index contributed by atoms with van der Waals surface area (Å²) in [6, 6.07) is 11.4. The quantitative estimate of drug-likeness (QED) is 0.812. The van der Waals surface area contributed by atoms with Crippen molar-refractivity contribution in [2.45, 2.75) is 49.3 Å². The van der Waals surface area contributed by atoms with Crippen LogP contribution in [0.1, 0.15) is 53.0 Å². The lowest BCUT2D eigenvalue weighted by Gasteiger charge is -2.22. The molecule has 0 bridgehead atoms. The van der Waals surface area contributed by atoms with Gasteiger partial charge in [0.05, 0.1) is 5.56 Å². The van der Waals surface area contributed by atoms with Gasteiger partial charge in [-0.1, -0.05) is 49.0 Å². The monoisotopic (exact) mass is 352 g/mol. The van der Waals surface area contributed by atoms with Gasteiger partial charge in [-0.25, -0.2) is 4.98 Å². The van der Waals surface area contributed by atoms with E-state index in [1.807, 2.05) is 18.2 Å². The molecule has 2 aromatic rings. The van der Waals surface area contributed by atoms with Gasteiger partial charge in [-0.05, 0) is 48.8 Å². The highest BCUT2D eigenvalue weighted by Crippen LogP contribution is 2.39. The maximum Gasteiger partial charge on any atom is 0.321 e. The predicted molar refractivity (Wildman–Crippen MR) is 97.6 cm³/mol. The minimum atomic E-state index is -0.919. The average Bonchev–Trinajstić information content (AvgIpc) is 2.65. The van der Waals surface area contributed by atoms with Crippen molar-refractivity contribution in [2.24, 2.45) is 0 Å². The van der Waals surface area contributed by atoms with Gasteiger partial charge in [0.15, 0.2) is 0 Å². The van der Waals surface area contributed by atoms with E-state index < -0.39 is 11.2 Å². The molecule has 128 valence electrons.